The Kier molecular flexibility index (Phi) is 2.52. The summed E-state index contributed by atoms with van der Waals surface area (Å²) in [6, 6.07) is 7.26. The molecule has 2 N–H and O–H groups in total. The van der Waals surface area contributed by atoms with Crippen LogP contribution in [0.4, 0.5) is 0 Å². The third-order valence-electron chi connectivity index (χ3n) is 3.11. The van der Waals surface area contributed by atoms with Gasteiger partial charge >= 0.3 is 0 Å². The smallest absolute Gasteiger partial charge is 0.0474 e. The summed E-state index contributed by atoms with van der Waals surface area (Å²) >= 11 is 3.69. The van der Waals surface area contributed by atoms with Gasteiger partial charge in [-0.05, 0) is 47.8 Å². The van der Waals surface area contributed by atoms with Crippen molar-refractivity contribution in [3.63, 3.8) is 0 Å². The van der Waals surface area contributed by atoms with Crippen LogP contribution in [0.3, 0.4) is 0 Å². The van der Waals surface area contributed by atoms with Crippen LogP contribution in [0.25, 0.3) is 10.9 Å². The Hall–Kier alpha value is -0.800. The predicted molar refractivity (Wildman–Crippen MR) is 70.6 cm³/mol. The highest BCUT2D eigenvalue weighted by molar-refractivity contribution is 9.10. The normalized spacial score (nSPS) is 15.9. The first-order valence-corrected chi connectivity index (χ1v) is 6.53. The molecule has 0 bridgehead atoms. The number of fused-ring (bicyclic) bond motifs is 1. The van der Waals surface area contributed by atoms with E-state index in [1.54, 1.807) is 0 Å². The van der Waals surface area contributed by atoms with E-state index < -0.39 is 0 Å². The summed E-state index contributed by atoms with van der Waals surface area (Å²) in [6.07, 6.45) is 2.66. The van der Waals surface area contributed by atoms with E-state index in [4.69, 9.17) is 0 Å². The molecule has 1 aromatic carbocycles. The van der Waals surface area contributed by atoms with E-state index in [9.17, 15) is 0 Å². The molecule has 84 valence electrons. The lowest BCUT2D eigenvalue weighted by atomic mass is 10.2. The van der Waals surface area contributed by atoms with Crippen LogP contribution >= 0.6 is 15.9 Å². The molecule has 0 radical (unpaired) electrons. The van der Waals surface area contributed by atoms with Gasteiger partial charge in [-0.2, -0.15) is 0 Å². The standard InChI is InChI=1S/C13H15BrN2/c1-8-2-5-11-10(6-8)13(14)12(16-11)7-15-9-3-4-9/h2,5-6,9,15-16H,3-4,7H2,1H3. The summed E-state index contributed by atoms with van der Waals surface area (Å²) in [7, 11) is 0. The molecule has 2 nitrogen and oxygen atoms in total. The minimum Gasteiger partial charge on any atom is -0.356 e. The molecule has 16 heavy (non-hydrogen) atoms. The summed E-state index contributed by atoms with van der Waals surface area (Å²) in [5.41, 5.74) is 3.77. The van der Waals surface area contributed by atoms with E-state index in [1.165, 1.54) is 39.5 Å². The predicted octanol–water partition coefficient (Wildman–Crippen LogP) is 3.49. The fraction of sp³-hybridized carbons (Fsp3) is 0.385. The van der Waals surface area contributed by atoms with Crippen LogP contribution in [-0.2, 0) is 6.54 Å². The number of benzene rings is 1. The molecule has 0 spiro atoms. The van der Waals surface area contributed by atoms with Gasteiger partial charge in [-0.15, -0.1) is 0 Å². The zero-order valence-corrected chi connectivity index (χ0v) is 10.9. The van der Waals surface area contributed by atoms with Crippen LogP contribution in [0.1, 0.15) is 24.1 Å². The highest BCUT2D eigenvalue weighted by Crippen LogP contribution is 2.29. The molecule has 1 heterocycles. The SMILES string of the molecule is Cc1ccc2[nH]c(CNC3CC3)c(Br)c2c1. The second-order valence-corrected chi connectivity index (χ2v) is 5.41. The van der Waals surface area contributed by atoms with E-state index in [2.05, 4.69) is 51.4 Å². The third-order valence-corrected chi connectivity index (χ3v) is 4.01. The third kappa shape index (κ3) is 1.89. The van der Waals surface area contributed by atoms with Crippen molar-refractivity contribution in [2.75, 3.05) is 0 Å². The van der Waals surface area contributed by atoms with Crippen LogP contribution in [0.2, 0.25) is 0 Å². The van der Waals surface area contributed by atoms with Crippen LogP contribution < -0.4 is 5.32 Å². The van der Waals surface area contributed by atoms with Gasteiger partial charge in [0.1, 0.15) is 0 Å². The lowest BCUT2D eigenvalue weighted by Crippen LogP contribution is -2.15. The number of nitrogens with one attached hydrogen (secondary N) is 2. The molecule has 2 aromatic rings. The minimum atomic E-state index is 0.750. The zero-order valence-electron chi connectivity index (χ0n) is 9.31. The van der Waals surface area contributed by atoms with Gasteiger partial charge in [0, 0.05) is 33.7 Å². The van der Waals surface area contributed by atoms with Crippen LogP contribution in [0.15, 0.2) is 22.7 Å². The van der Waals surface area contributed by atoms with Gasteiger partial charge in [-0.25, -0.2) is 0 Å². The maximum absolute atomic E-state index is 3.69. The molecule has 1 saturated carbocycles. The number of aromatic amines is 1. The second-order valence-electron chi connectivity index (χ2n) is 4.62. The van der Waals surface area contributed by atoms with E-state index in [0.717, 1.165) is 12.6 Å². The quantitative estimate of drug-likeness (QED) is 0.884. The molecular weight excluding hydrogens is 264 g/mol. The van der Waals surface area contributed by atoms with Crippen molar-refractivity contribution in [3.8, 4) is 0 Å². The van der Waals surface area contributed by atoms with Crippen molar-refractivity contribution in [2.45, 2.75) is 32.4 Å². The van der Waals surface area contributed by atoms with E-state index in [0.29, 0.717) is 0 Å². The van der Waals surface area contributed by atoms with Crippen LogP contribution in [-0.4, -0.2) is 11.0 Å². The number of hydrogen-bond acceptors (Lipinski definition) is 1. The maximum atomic E-state index is 3.69. The lowest BCUT2D eigenvalue weighted by Gasteiger charge is -2.00. The average molecular weight is 279 g/mol. The molecule has 1 aromatic heterocycles. The fourth-order valence-electron chi connectivity index (χ4n) is 1.98. The highest BCUT2D eigenvalue weighted by Gasteiger charge is 2.21. The minimum absolute atomic E-state index is 0.750. The van der Waals surface area contributed by atoms with Crippen molar-refractivity contribution in [3.05, 3.63) is 33.9 Å². The Balaban J connectivity index is 1.94. The molecule has 0 atom stereocenters. The average Bonchev–Trinajstić information content (AvgIpc) is 3.04. The van der Waals surface area contributed by atoms with Crippen LogP contribution in [0.5, 0.6) is 0 Å². The Labute approximate surface area is 104 Å². The van der Waals surface area contributed by atoms with Gasteiger partial charge in [0.2, 0.25) is 0 Å². The molecule has 3 rings (SSSR count). The van der Waals surface area contributed by atoms with Crippen LogP contribution in [0, 0.1) is 6.92 Å². The monoisotopic (exact) mass is 278 g/mol. The first-order valence-electron chi connectivity index (χ1n) is 5.74. The van der Waals surface area contributed by atoms with Crippen molar-refractivity contribution in [2.24, 2.45) is 0 Å². The first kappa shape index (κ1) is 10.4. The molecule has 0 unspecified atom stereocenters. The number of rotatable bonds is 3. The molecule has 1 aliphatic carbocycles. The van der Waals surface area contributed by atoms with E-state index >= 15 is 0 Å². The number of aromatic nitrogens is 1. The summed E-state index contributed by atoms with van der Waals surface area (Å²) < 4.78 is 1.21. The van der Waals surface area contributed by atoms with Crippen molar-refractivity contribution in [1.82, 2.24) is 10.3 Å². The largest absolute Gasteiger partial charge is 0.356 e. The highest BCUT2D eigenvalue weighted by atomic mass is 79.9. The second kappa shape index (κ2) is 3.90. The van der Waals surface area contributed by atoms with Gasteiger partial charge in [0.05, 0.1) is 0 Å². The molecule has 0 saturated heterocycles. The molecule has 0 amide bonds. The van der Waals surface area contributed by atoms with E-state index in [1.807, 2.05) is 0 Å². The maximum Gasteiger partial charge on any atom is 0.0474 e. The Morgan fingerprint density at radius 3 is 3.00 bits per heavy atom. The molecule has 1 fully saturated rings. The molecule has 3 heteroatoms. The van der Waals surface area contributed by atoms with Gasteiger partial charge < -0.3 is 10.3 Å². The summed E-state index contributed by atoms with van der Waals surface area (Å²) in [6.45, 7) is 3.06. The van der Waals surface area contributed by atoms with Gasteiger partial charge in [0.15, 0.2) is 0 Å². The molecular formula is C13H15BrN2. The number of H-pyrrole nitrogens is 1. The van der Waals surface area contributed by atoms with Crippen molar-refractivity contribution in [1.29, 1.82) is 0 Å². The van der Waals surface area contributed by atoms with Gasteiger partial charge in [-0.3, -0.25) is 0 Å². The fourth-order valence-corrected chi connectivity index (χ4v) is 2.55. The summed E-state index contributed by atoms with van der Waals surface area (Å²) in [5.74, 6) is 0. The van der Waals surface area contributed by atoms with Gasteiger partial charge in [0.25, 0.3) is 0 Å². The van der Waals surface area contributed by atoms with Crippen molar-refractivity contribution >= 4 is 26.8 Å². The number of aryl methyl sites for hydroxylation is 1. The Morgan fingerprint density at radius 1 is 1.44 bits per heavy atom. The van der Waals surface area contributed by atoms with Crippen molar-refractivity contribution < 1.29 is 0 Å². The summed E-state index contributed by atoms with van der Waals surface area (Å²) in [4.78, 5) is 3.46. The van der Waals surface area contributed by atoms with E-state index in [-0.39, 0.29) is 0 Å². The topological polar surface area (TPSA) is 27.8 Å². The zero-order chi connectivity index (χ0) is 11.1. The molecule has 0 aliphatic heterocycles. The molecule has 1 aliphatic rings. The number of halogens is 1. The number of hydrogen-bond donors (Lipinski definition) is 2. The Bertz CT molecular complexity index is 526. The summed E-state index contributed by atoms with van der Waals surface area (Å²) in [5, 5.41) is 4.81. The first-order chi connectivity index (χ1) is 7.74. The lowest BCUT2D eigenvalue weighted by molar-refractivity contribution is 0.676. The van der Waals surface area contributed by atoms with Gasteiger partial charge in [-0.1, -0.05) is 11.6 Å². The Morgan fingerprint density at radius 2 is 2.25 bits per heavy atom.